The Kier molecular flexibility index (Phi) is 7.14. The number of benzene rings is 3. The van der Waals surface area contributed by atoms with E-state index in [1.54, 1.807) is 11.9 Å². The molecule has 0 bridgehead atoms. The number of aryl methyl sites for hydroxylation is 1. The van der Waals surface area contributed by atoms with Crippen molar-refractivity contribution in [3.8, 4) is 5.75 Å². The van der Waals surface area contributed by atoms with E-state index in [1.807, 2.05) is 66.7 Å². The van der Waals surface area contributed by atoms with Crippen LogP contribution in [0.1, 0.15) is 28.7 Å². The molecular formula is C30H31N2O4+. The number of morpholine rings is 1. The van der Waals surface area contributed by atoms with E-state index in [4.69, 9.17) is 9.47 Å². The maximum Gasteiger partial charge on any atom is 0.271 e. The molecule has 1 N–H and O–H groups in total. The molecule has 36 heavy (non-hydrogen) atoms. The van der Waals surface area contributed by atoms with Gasteiger partial charge in [-0.3, -0.25) is 10.0 Å². The lowest BCUT2D eigenvalue weighted by Gasteiger charge is -2.27. The predicted octanol–water partition coefficient (Wildman–Crippen LogP) is 4.19. The highest BCUT2D eigenvalue weighted by Gasteiger charge is 2.41. The van der Waals surface area contributed by atoms with Gasteiger partial charge in [-0.15, -0.1) is 0 Å². The fourth-order valence-electron chi connectivity index (χ4n) is 4.90. The van der Waals surface area contributed by atoms with Crippen LogP contribution in [-0.2, 0) is 16.0 Å². The summed E-state index contributed by atoms with van der Waals surface area (Å²) >= 11 is 0. The molecule has 184 valence electrons. The van der Waals surface area contributed by atoms with Crippen molar-refractivity contribution in [2.45, 2.75) is 12.8 Å². The number of rotatable bonds is 7. The zero-order valence-electron chi connectivity index (χ0n) is 20.5. The van der Waals surface area contributed by atoms with Gasteiger partial charge in [0.05, 0.1) is 25.4 Å². The van der Waals surface area contributed by atoms with Crippen LogP contribution in [0.5, 0.6) is 5.75 Å². The van der Waals surface area contributed by atoms with E-state index in [0.29, 0.717) is 49.9 Å². The van der Waals surface area contributed by atoms with Crippen molar-refractivity contribution in [3.63, 3.8) is 0 Å². The Balaban J connectivity index is 1.46. The van der Waals surface area contributed by atoms with Gasteiger partial charge in [0.15, 0.2) is 7.05 Å². The van der Waals surface area contributed by atoms with Crippen molar-refractivity contribution in [2.75, 3.05) is 40.0 Å². The first-order valence-electron chi connectivity index (χ1n) is 12.4. The molecule has 1 heterocycles. The van der Waals surface area contributed by atoms with Crippen LogP contribution in [0.15, 0.2) is 84.4 Å². The average molecular weight is 484 g/mol. The number of carbonyl (C=O) groups is 1. The minimum absolute atomic E-state index is 0.102. The maximum absolute atomic E-state index is 13.8. The van der Waals surface area contributed by atoms with Gasteiger partial charge >= 0.3 is 0 Å². The lowest BCUT2D eigenvalue weighted by atomic mass is 9.97. The molecule has 3 aromatic carbocycles. The predicted molar refractivity (Wildman–Crippen MR) is 139 cm³/mol. The summed E-state index contributed by atoms with van der Waals surface area (Å²) in [6.07, 6.45) is 1.84. The van der Waals surface area contributed by atoms with Gasteiger partial charge in [0.1, 0.15) is 11.3 Å². The molecule has 0 radical (unpaired) electrons. The van der Waals surface area contributed by atoms with E-state index in [-0.39, 0.29) is 5.91 Å². The van der Waals surface area contributed by atoms with E-state index < -0.39 is 0 Å². The van der Waals surface area contributed by atoms with Gasteiger partial charge in [-0.25, -0.2) is 0 Å². The standard InChI is InChI=1S/C30H31N2O4/c1-31(34)29-26-21-24(36-18-8-11-22-9-4-2-5-10-22)14-15-25(26)27(23-12-6-3-7-13-23)28(29)30(33)32-16-19-35-20-17-32/h2-7,9-10,12-15,21,34H,8,11,16-20H2,1H3/q+1/b31-29+. The van der Waals surface area contributed by atoms with Gasteiger partial charge in [0.2, 0.25) is 0 Å². The van der Waals surface area contributed by atoms with Gasteiger partial charge in [0.25, 0.3) is 11.6 Å². The molecule has 0 unspecified atom stereocenters. The Morgan fingerprint density at radius 3 is 2.36 bits per heavy atom. The normalized spacial score (nSPS) is 16.6. The molecule has 0 aromatic heterocycles. The van der Waals surface area contributed by atoms with Crippen molar-refractivity contribution >= 4 is 17.2 Å². The van der Waals surface area contributed by atoms with Crippen molar-refractivity contribution in [1.82, 2.24) is 4.90 Å². The summed E-state index contributed by atoms with van der Waals surface area (Å²) in [4.78, 5) is 15.6. The summed E-state index contributed by atoms with van der Waals surface area (Å²) in [6, 6.07) is 26.1. The number of nitrogens with zero attached hydrogens (tertiary/aromatic N) is 2. The average Bonchev–Trinajstić information content (AvgIpc) is 3.27. The van der Waals surface area contributed by atoms with Gasteiger partial charge in [-0.05, 0) is 52.5 Å². The number of hydrogen-bond donors (Lipinski definition) is 1. The van der Waals surface area contributed by atoms with Crippen molar-refractivity contribution in [3.05, 3.63) is 107 Å². The van der Waals surface area contributed by atoms with Crippen LogP contribution in [0.25, 0.3) is 5.57 Å². The van der Waals surface area contributed by atoms with Gasteiger partial charge in [-0.2, -0.15) is 0 Å². The monoisotopic (exact) mass is 483 g/mol. The number of carbonyl (C=O) groups excluding carboxylic acids is 1. The van der Waals surface area contributed by atoms with Gasteiger partial charge in [-0.1, -0.05) is 60.7 Å². The van der Waals surface area contributed by atoms with Gasteiger partial charge < -0.3 is 14.4 Å². The molecule has 1 saturated heterocycles. The van der Waals surface area contributed by atoms with E-state index in [1.165, 1.54) is 5.56 Å². The summed E-state index contributed by atoms with van der Waals surface area (Å²) < 4.78 is 12.6. The molecule has 6 nitrogen and oxygen atoms in total. The van der Waals surface area contributed by atoms with Crippen molar-refractivity contribution in [1.29, 1.82) is 0 Å². The second-order valence-corrected chi connectivity index (χ2v) is 9.04. The van der Waals surface area contributed by atoms with Crippen molar-refractivity contribution in [2.24, 2.45) is 0 Å². The first-order chi connectivity index (χ1) is 17.6. The van der Waals surface area contributed by atoms with E-state index in [0.717, 1.165) is 39.8 Å². The fourth-order valence-corrected chi connectivity index (χ4v) is 4.90. The van der Waals surface area contributed by atoms with E-state index in [2.05, 4.69) is 12.1 Å². The highest BCUT2D eigenvalue weighted by atomic mass is 16.5. The SMILES string of the molecule is C/[N+](O)=C1\C(C(=O)N2CCOCC2)=C(c2ccccc2)c2ccc(OCCCc3ccccc3)cc21. The highest BCUT2D eigenvalue weighted by molar-refractivity contribution is 6.36. The number of fused-ring (bicyclic) bond motifs is 1. The Hall–Kier alpha value is -3.90. The lowest BCUT2D eigenvalue weighted by molar-refractivity contribution is -0.753. The summed E-state index contributed by atoms with van der Waals surface area (Å²) in [7, 11) is 1.56. The molecule has 0 saturated carbocycles. The minimum atomic E-state index is -0.102. The minimum Gasteiger partial charge on any atom is -0.494 e. The van der Waals surface area contributed by atoms with Crippen LogP contribution < -0.4 is 4.74 Å². The second kappa shape index (κ2) is 10.8. The van der Waals surface area contributed by atoms with Crippen LogP contribution in [0, 0.1) is 0 Å². The molecule has 1 aliphatic carbocycles. The second-order valence-electron chi connectivity index (χ2n) is 9.04. The van der Waals surface area contributed by atoms with Gasteiger partial charge in [0, 0.05) is 18.7 Å². The molecule has 6 heteroatoms. The number of hydroxylamine groups is 1. The highest BCUT2D eigenvalue weighted by Crippen LogP contribution is 2.40. The number of amides is 1. The lowest BCUT2D eigenvalue weighted by Crippen LogP contribution is -2.43. The third-order valence-electron chi connectivity index (χ3n) is 6.62. The summed E-state index contributed by atoms with van der Waals surface area (Å²) in [5.41, 5.74) is 5.74. The van der Waals surface area contributed by atoms with Crippen molar-refractivity contribution < 1.29 is 24.2 Å². The zero-order chi connectivity index (χ0) is 24.9. The first kappa shape index (κ1) is 23.8. The fraction of sp³-hybridized carbons (Fsp3) is 0.267. The smallest absolute Gasteiger partial charge is 0.271 e. The molecule has 5 rings (SSSR count). The van der Waals surface area contributed by atoms with E-state index >= 15 is 0 Å². The topological polar surface area (TPSA) is 62.0 Å². The largest absolute Gasteiger partial charge is 0.494 e. The Bertz CT molecular complexity index is 1290. The summed E-state index contributed by atoms with van der Waals surface area (Å²) in [5.74, 6) is 0.614. The molecule has 1 fully saturated rings. The summed E-state index contributed by atoms with van der Waals surface area (Å²) in [5, 5.41) is 10.7. The number of hydrogen-bond acceptors (Lipinski definition) is 4. The van der Waals surface area contributed by atoms with Crippen LogP contribution in [0.2, 0.25) is 0 Å². The van der Waals surface area contributed by atoms with Crippen LogP contribution >= 0.6 is 0 Å². The molecule has 3 aromatic rings. The maximum atomic E-state index is 13.8. The molecular weight excluding hydrogens is 452 g/mol. The van der Waals surface area contributed by atoms with Crippen LogP contribution in [0.4, 0.5) is 0 Å². The third-order valence-corrected chi connectivity index (χ3v) is 6.62. The number of ether oxygens (including phenoxy) is 2. The first-order valence-corrected chi connectivity index (χ1v) is 12.4. The molecule has 2 aliphatic rings. The quantitative estimate of drug-likeness (QED) is 0.237. The zero-order valence-corrected chi connectivity index (χ0v) is 20.5. The molecule has 0 spiro atoms. The summed E-state index contributed by atoms with van der Waals surface area (Å²) in [6.45, 7) is 2.66. The molecule has 1 aliphatic heterocycles. The molecule has 1 amide bonds. The third kappa shape index (κ3) is 4.90. The molecule has 0 atom stereocenters. The van der Waals surface area contributed by atoms with E-state index in [9.17, 15) is 10.0 Å². The Morgan fingerprint density at radius 1 is 0.972 bits per heavy atom. The van der Waals surface area contributed by atoms with Crippen LogP contribution in [0.3, 0.4) is 0 Å². The van der Waals surface area contributed by atoms with Crippen LogP contribution in [-0.4, -0.2) is 66.4 Å². The Morgan fingerprint density at radius 2 is 1.67 bits per heavy atom. The Labute approximate surface area is 211 Å².